The van der Waals surface area contributed by atoms with Crippen LogP contribution in [0.1, 0.15) is 40.8 Å². The number of halogens is 1. The highest BCUT2D eigenvalue weighted by Gasteiger charge is 2.28. The van der Waals surface area contributed by atoms with E-state index in [4.69, 9.17) is 22.1 Å². The lowest BCUT2D eigenvalue weighted by molar-refractivity contribution is 0.165. The van der Waals surface area contributed by atoms with Crippen molar-refractivity contribution >= 4 is 22.9 Å². The van der Waals surface area contributed by atoms with Crippen molar-refractivity contribution in [3.05, 3.63) is 50.7 Å². The standard InChI is InChI=1S/C15H16ClNOS/c1-2-10-4-6-15(19-10)14-8-12(17)11-7-9(16)3-5-13(11)18-14/h3-7,12,14H,2,8,17H2,1H3. The van der Waals surface area contributed by atoms with Crippen molar-refractivity contribution in [2.75, 3.05) is 0 Å². The normalized spacial score (nSPS) is 21.8. The Morgan fingerprint density at radius 2 is 2.21 bits per heavy atom. The molecule has 0 amide bonds. The Balaban J connectivity index is 1.90. The van der Waals surface area contributed by atoms with Gasteiger partial charge in [-0.3, -0.25) is 0 Å². The summed E-state index contributed by atoms with van der Waals surface area (Å²) in [7, 11) is 0. The molecule has 3 rings (SSSR count). The molecule has 0 saturated carbocycles. The SMILES string of the molecule is CCc1ccc(C2CC(N)c3cc(Cl)ccc3O2)s1. The summed E-state index contributed by atoms with van der Waals surface area (Å²) in [6.07, 6.45) is 1.93. The van der Waals surface area contributed by atoms with Crippen molar-refractivity contribution in [1.82, 2.24) is 0 Å². The van der Waals surface area contributed by atoms with E-state index in [9.17, 15) is 0 Å². The molecule has 0 aliphatic carbocycles. The van der Waals surface area contributed by atoms with Crippen molar-refractivity contribution < 1.29 is 4.74 Å². The first-order chi connectivity index (χ1) is 9.17. The van der Waals surface area contributed by atoms with Gasteiger partial charge in [-0.05, 0) is 36.8 Å². The number of benzene rings is 1. The largest absolute Gasteiger partial charge is 0.484 e. The molecule has 1 aromatic heterocycles. The monoisotopic (exact) mass is 293 g/mol. The van der Waals surface area contributed by atoms with Gasteiger partial charge in [0.2, 0.25) is 0 Å². The third-order valence-electron chi connectivity index (χ3n) is 3.46. The molecule has 0 radical (unpaired) electrons. The van der Waals surface area contributed by atoms with Crippen LogP contribution in [0.2, 0.25) is 5.02 Å². The van der Waals surface area contributed by atoms with Crippen LogP contribution in [0.25, 0.3) is 0 Å². The van der Waals surface area contributed by atoms with E-state index in [1.165, 1.54) is 9.75 Å². The van der Waals surface area contributed by atoms with Crippen LogP contribution in [0.3, 0.4) is 0 Å². The molecule has 2 nitrogen and oxygen atoms in total. The first-order valence-electron chi connectivity index (χ1n) is 6.47. The maximum atomic E-state index is 6.25. The molecule has 100 valence electrons. The molecule has 2 atom stereocenters. The summed E-state index contributed by atoms with van der Waals surface area (Å²) in [5.74, 6) is 0.861. The molecule has 4 heteroatoms. The van der Waals surface area contributed by atoms with Crippen LogP contribution >= 0.6 is 22.9 Å². The highest BCUT2D eigenvalue weighted by molar-refractivity contribution is 7.12. The van der Waals surface area contributed by atoms with E-state index < -0.39 is 0 Å². The Morgan fingerprint density at radius 1 is 1.37 bits per heavy atom. The molecule has 2 unspecified atom stereocenters. The van der Waals surface area contributed by atoms with Crippen LogP contribution in [-0.2, 0) is 6.42 Å². The smallest absolute Gasteiger partial charge is 0.135 e. The summed E-state index contributed by atoms with van der Waals surface area (Å²) >= 11 is 7.82. The molecule has 1 aliphatic heterocycles. The van der Waals surface area contributed by atoms with Gasteiger partial charge in [-0.25, -0.2) is 0 Å². The minimum absolute atomic E-state index is 0.0142. The fourth-order valence-corrected chi connectivity index (χ4v) is 3.58. The number of ether oxygens (including phenoxy) is 1. The van der Waals surface area contributed by atoms with Crippen molar-refractivity contribution in [3.63, 3.8) is 0 Å². The van der Waals surface area contributed by atoms with Crippen molar-refractivity contribution in [2.45, 2.75) is 31.9 Å². The van der Waals surface area contributed by atoms with Crippen LogP contribution in [0.5, 0.6) is 5.75 Å². The lowest BCUT2D eigenvalue weighted by Crippen LogP contribution is -2.23. The zero-order valence-corrected chi connectivity index (χ0v) is 12.3. The molecular formula is C15H16ClNOS. The molecule has 0 spiro atoms. The minimum Gasteiger partial charge on any atom is -0.484 e. The van der Waals surface area contributed by atoms with Gasteiger partial charge in [-0.1, -0.05) is 18.5 Å². The van der Waals surface area contributed by atoms with Crippen LogP contribution in [-0.4, -0.2) is 0 Å². The minimum atomic E-state index is -0.0142. The third kappa shape index (κ3) is 2.50. The van der Waals surface area contributed by atoms with E-state index in [1.54, 1.807) is 0 Å². The lowest BCUT2D eigenvalue weighted by Gasteiger charge is -2.29. The number of aryl methyl sites for hydroxylation is 1. The summed E-state index contributed by atoms with van der Waals surface area (Å²) in [4.78, 5) is 2.64. The topological polar surface area (TPSA) is 35.2 Å². The number of rotatable bonds is 2. The molecule has 0 saturated heterocycles. The van der Waals surface area contributed by atoms with Gasteiger partial charge in [0, 0.05) is 32.8 Å². The molecule has 2 aromatic rings. The Morgan fingerprint density at radius 3 is 2.95 bits per heavy atom. The maximum Gasteiger partial charge on any atom is 0.135 e. The molecule has 1 aromatic carbocycles. The summed E-state index contributed by atoms with van der Waals surface area (Å²) in [5.41, 5.74) is 7.26. The molecule has 1 aliphatic rings. The quantitative estimate of drug-likeness (QED) is 0.885. The number of hydrogen-bond acceptors (Lipinski definition) is 3. The molecule has 0 bridgehead atoms. The number of fused-ring (bicyclic) bond motifs is 1. The highest BCUT2D eigenvalue weighted by atomic mass is 35.5. The fourth-order valence-electron chi connectivity index (χ4n) is 2.41. The Labute approximate surface area is 122 Å². The van der Waals surface area contributed by atoms with Gasteiger partial charge in [-0.2, -0.15) is 0 Å². The van der Waals surface area contributed by atoms with Crippen LogP contribution < -0.4 is 10.5 Å². The zero-order chi connectivity index (χ0) is 13.4. The summed E-state index contributed by atoms with van der Waals surface area (Å²) in [6.45, 7) is 2.17. The van der Waals surface area contributed by atoms with E-state index in [2.05, 4.69) is 19.1 Å². The third-order valence-corrected chi connectivity index (χ3v) is 5.01. The predicted molar refractivity (Wildman–Crippen MR) is 80.1 cm³/mol. The summed E-state index contributed by atoms with van der Waals surface area (Å²) in [6, 6.07) is 9.98. The van der Waals surface area contributed by atoms with Gasteiger partial charge in [-0.15, -0.1) is 11.3 Å². The van der Waals surface area contributed by atoms with Crippen LogP contribution in [0.15, 0.2) is 30.3 Å². The van der Waals surface area contributed by atoms with Crippen molar-refractivity contribution in [3.8, 4) is 5.75 Å². The van der Waals surface area contributed by atoms with E-state index in [0.29, 0.717) is 5.02 Å². The van der Waals surface area contributed by atoms with Gasteiger partial charge in [0.15, 0.2) is 0 Å². The highest BCUT2D eigenvalue weighted by Crippen LogP contribution is 2.42. The fraction of sp³-hybridized carbons (Fsp3) is 0.333. The Hall–Kier alpha value is -1.03. The van der Waals surface area contributed by atoms with Crippen molar-refractivity contribution in [1.29, 1.82) is 0 Å². The number of thiophene rings is 1. The maximum absolute atomic E-state index is 6.25. The van der Waals surface area contributed by atoms with Gasteiger partial charge < -0.3 is 10.5 Å². The molecular weight excluding hydrogens is 278 g/mol. The van der Waals surface area contributed by atoms with Gasteiger partial charge in [0.1, 0.15) is 11.9 Å². The predicted octanol–water partition coefficient (Wildman–Crippen LogP) is 4.49. The summed E-state index contributed by atoms with van der Waals surface area (Å²) in [5, 5.41) is 0.709. The summed E-state index contributed by atoms with van der Waals surface area (Å²) < 4.78 is 6.07. The first kappa shape index (κ1) is 13.0. The van der Waals surface area contributed by atoms with Crippen LogP contribution in [0.4, 0.5) is 0 Å². The van der Waals surface area contributed by atoms with E-state index in [-0.39, 0.29) is 12.1 Å². The van der Waals surface area contributed by atoms with Crippen molar-refractivity contribution in [2.24, 2.45) is 5.73 Å². The second kappa shape index (κ2) is 5.16. The number of nitrogens with two attached hydrogens (primary N) is 1. The Bertz CT molecular complexity index is 596. The van der Waals surface area contributed by atoms with Gasteiger partial charge in [0.25, 0.3) is 0 Å². The molecule has 2 N–H and O–H groups in total. The average Bonchev–Trinajstić information content (AvgIpc) is 2.88. The first-order valence-corrected chi connectivity index (χ1v) is 7.67. The Kier molecular flexibility index (Phi) is 3.52. The molecule has 2 heterocycles. The van der Waals surface area contributed by atoms with E-state index in [0.717, 1.165) is 24.2 Å². The zero-order valence-electron chi connectivity index (χ0n) is 10.7. The van der Waals surface area contributed by atoms with Gasteiger partial charge >= 0.3 is 0 Å². The van der Waals surface area contributed by atoms with E-state index in [1.807, 2.05) is 29.5 Å². The van der Waals surface area contributed by atoms with E-state index >= 15 is 0 Å². The molecule has 19 heavy (non-hydrogen) atoms. The molecule has 0 fully saturated rings. The average molecular weight is 294 g/mol. The van der Waals surface area contributed by atoms with Gasteiger partial charge in [0.05, 0.1) is 0 Å². The second-order valence-corrected chi connectivity index (χ2v) is 6.42. The number of hydrogen-bond donors (Lipinski definition) is 1. The second-order valence-electron chi connectivity index (χ2n) is 4.79. The van der Waals surface area contributed by atoms with Crippen LogP contribution in [0, 0.1) is 0 Å². The lowest BCUT2D eigenvalue weighted by atomic mass is 9.96.